The smallest absolute Gasteiger partial charge is 0.202 e. The highest BCUT2D eigenvalue weighted by Gasteiger charge is 2.18. The molecule has 0 unspecified atom stereocenters. The Hall–Kier alpha value is -0.550. The van der Waals surface area contributed by atoms with Crippen molar-refractivity contribution in [3.8, 4) is 17.4 Å². The number of halogens is 4. The van der Waals surface area contributed by atoms with Crippen LogP contribution in [0.5, 0.6) is 11.8 Å². The molecule has 0 saturated carbocycles. The third-order valence-corrected chi connectivity index (χ3v) is 4.32. The quantitative estimate of drug-likeness (QED) is 0.591. The molecule has 0 fully saturated rings. The lowest BCUT2D eigenvalue weighted by molar-refractivity contribution is 0.401. The number of hydrogen-bond acceptors (Lipinski definition) is 2. The van der Waals surface area contributed by atoms with Crippen LogP contribution in [0.25, 0.3) is 5.69 Å². The summed E-state index contributed by atoms with van der Waals surface area (Å²) >= 11 is 21.0. The highest BCUT2D eigenvalue weighted by atomic mass is 79.9. The molecule has 0 aliphatic heterocycles. The van der Waals surface area contributed by atoms with E-state index in [2.05, 4.69) is 15.9 Å². The lowest BCUT2D eigenvalue weighted by atomic mass is 10.3. The fraction of sp³-hybridized carbons (Fsp3) is 0.0909. The molecule has 1 aromatic carbocycles. The summed E-state index contributed by atoms with van der Waals surface area (Å²) < 4.78 is 1.20. The van der Waals surface area contributed by atoms with E-state index >= 15 is 0 Å². The molecule has 0 amide bonds. The van der Waals surface area contributed by atoms with E-state index in [1.165, 1.54) is 16.7 Å². The summed E-state index contributed by atoms with van der Waals surface area (Å²) in [7, 11) is 0. The topological polar surface area (TPSA) is 45.4 Å². The van der Waals surface area contributed by atoms with E-state index in [0.717, 1.165) is 0 Å². The molecule has 0 bridgehead atoms. The van der Waals surface area contributed by atoms with Gasteiger partial charge in [0.05, 0.1) is 20.8 Å². The molecule has 0 radical (unpaired) electrons. The average Bonchev–Trinajstić information content (AvgIpc) is 2.63. The molecule has 2 N–H and O–H groups in total. The highest BCUT2D eigenvalue weighted by molar-refractivity contribution is 9.08. The summed E-state index contributed by atoms with van der Waals surface area (Å²) in [6, 6.07) is 4.54. The Morgan fingerprint density at radius 3 is 2.33 bits per heavy atom. The standard InChI is InChI=1S/C11H7BrCl3NO2/c12-4-5-3-8(17)16(11(5)18)7-2-1-6(13)9(14)10(7)15/h1-3,17-18H,4H2. The summed E-state index contributed by atoms with van der Waals surface area (Å²) in [4.78, 5) is 0. The van der Waals surface area contributed by atoms with Gasteiger partial charge in [-0.25, -0.2) is 4.57 Å². The van der Waals surface area contributed by atoms with E-state index < -0.39 is 0 Å². The van der Waals surface area contributed by atoms with E-state index in [1.54, 1.807) is 6.07 Å². The van der Waals surface area contributed by atoms with Crippen LogP contribution in [0.4, 0.5) is 0 Å². The maximum atomic E-state index is 9.99. The van der Waals surface area contributed by atoms with Crippen molar-refractivity contribution >= 4 is 50.7 Å². The van der Waals surface area contributed by atoms with Gasteiger partial charge in [0.25, 0.3) is 0 Å². The van der Waals surface area contributed by atoms with Crippen LogP contribution >= 0.6 is 50.7 Å². The molecule has 1 aromatic heterocycles. The summed E-state index contributed by atoms with van der Waals surface area (Å²) in [5.74, 6) is -0.244. The first-order chi connectivity index (χ1) is 8.47. The molecule has 0 saturated heterocycles. The summed E-state index contributed by atoms with van der Waals surface area (Å²) in [6.45, 7) is 0. The number of alkyl halides is 1. The molecule has 3 nitrogen and oxygen atoms in total. The summed E-state index contributed by atoms with van der Waals surface area (Å²) in [6.07, 6.45) is 0. The molecule has 0 atom stereocenters. The molecule has 96 valence electrons. The van der Waals surface area contributed by atoms with Gasteiger partial charge >= 0.3 is 0 Å². The lowest BCUT2D eigenvalue weighted by Gasteiger charge is -2.11. The van der Waals surface area contributed by atoms with E-state index in [4.69, 9.17) is 34.8 Å². The van der Waals surface area contributed by atoms with Gasteiger partial charge in [-0.2, -0.15) is 0 Å². The minimum absolute atomic E-state index is 0.107. The molecule has 2 aromatic rings. The summed E-state index contributed by atoms with van der Waals surface area (Å²) in [5.41, 5.74) is 0.892. The van der Waals surface area contributed by atoms with Crippen LogP contribution in [0, 0.1) is 0 Å². The number of aromatic hydroxyl groups is 2. The fourth-order valence-electron chi connectivity index (χ4n) is 1.56. The van der Waals surface area contributed by atoms with Crippen LogP contribution < -0.4 is 0 Å². The van der Waals surface area contributed by atoms with Crippen molar-refractivity contribution < 1.29 is 10.2 Å². The first-order valence-electron chi connectivity index (χ1n) is 4.79. The van der Waals surface area contributed by atoms with Crippen LogP contribution in [0.3, 0.4) is 0 Å². The van der Waals surface area contributed by atoms with Gasteiger partial charge in [-0.1, -0.05) is 50.7 Å². The molecule has 1 heterocycles. The largest absolute Gasteiger partial charge is 0.494 e. The van der Waals surface area contributed by atoms with Gasteiger partial charge in [0.1, 0.15) is 0 Å². The Bertz CT molecular complexity index is 613. The molecular formula is C11H7BrCl3NO2. The Labute approximate surface area is 127 Å². The number of benzene rings is 1. The zero-order valence-electron chi connectivity index (χ0n) is 8.79. The zero-order chi connectivity index (χ0) is 13.4. The highest BCUT2D eigenvalue weighted by Crippen LogP contribution is 2.40. The number of hydrogen-bond donors (Lipinski definition) is 2. The minimum Gasteiger partial charge on any atom is -0.494 e. The number of aromatic nitrogens is 1. The predicted octanol–water partition coefficient (Wildman–Crippen LogP) is 4.74. The first kappa shape index (κ1) is 13.9. The van der Waals surface area contributed by atoms with Crippen molar-refractivity contribution in [1.29, 1.82) is 0 Å². The van der Waals surface area contributed by atoms with Gasteiger partial charge in [-0.15, -0.1) is 0 Å². The normalized spacial score (nSPS) is 10.9. The van der Waals surface area contributed by atoms with Crippen molar-refractivity contribution in [2.75, 3.05) is 0 Å². The fourth-order valence-corrected chi connectivity index (χ4v) is 2.59. The van der Waals surface area contributed by atoms with Gasteiger partial charge in [0, 0.05) is 17.0 Å². The van der Waals surface area contributed by atoms with Gasteiger partial charge in [0.2, 0.25) is 5.88 Å². The predicted molar refractivity (Wildman–Crippen MR) is 76.8 cm³/mol. The Morgan fingerprint density at radius 1 is 1.11 bits per heavy atom. The van der Waals surface area contributed by atoms with Gasteiger partial charge in [0.15, 0.2) is 5.88 Å². The lowest BCUT2D eigenvalue weighted by Crippen LogP contribution is -1.95. The van der Waals surface area contributed by atoms with Crippen LogP contribution in [-0.4, -0.2) is 14.8 Å². The van der Waals surface area contributed by atoms with E-state index in [0.29, 0.717) is 21.6 Å². The van der Waals surface area contributed by atoms with Crippen molar-refractivity contribution in [2.24, 2.45) is 0 Å². The molecule has 2 rings (SSSR count). The second-order valence-electron chi connectivity index (χ2n) is 3.51. The van der Waals surface area contributed by atoms with Gasteiger partial charge in [-0.3, -0.25) is 0 Å². The van der Waals surface area contributed by atoms with Crippen LogP contribution in [0.1, 0.15) is 5.56 Å². The van der Waals surface area contributed by atoms with E-state index in [9.17, 15) is 10.2 Å². The Kier molecular flexibility index (Phi) is 4.02. The van der Waals surface area contributed by atoms with Crippen LogP contribution in [0.2, 0.25) is 15.1 Å². The monoisotopic (exact) mass is 369 g/mol. The van der Waals surface area contributed by atoms with E-state index in [1.807, 2.05) is 0 Å². The Balaban J connectivity index is 2.70. The number of nitrogens with zero attached hydrogens (tertiary/aromatic N) is 1. The number of rotatable bonds is 2. The van der Waals surface area contributed by atoms with Crippen LogP contribution in [0.15, 0.2) is 18.2 Å². The maximum absolute atomic E-state index is 9.99. The molecule has 18 heavy (non-hydrogen) atoms. The Morgan fingerprint density at radius 2 is 1.78 bits per heavy atom. The maximum Gasteiger partial charge on any atom is 0.202 e. The van der Waals surface area contributed by atoms with Gasteiger partial charge < -0.3 is 10.2 Å². The first-order valence-corrected chi connectivity index (χ1v) is 7.05. The third kappa shape index (κ3) is 2.18. The zero-order valence-corrected chi connectivity index (χ0v) is 12.6. The third-order valence-electron chi connectivity index (χ3n) is 2.43. The minimum atomic E-state index is -0.137. The molecule has 0 aliphatic rings. The summed E-state index contributed by atoms with van der Waals surface area (Å²) in [5, 5.41) is 20.8. The van der Waals surface area contributed by atoms with Crippen LogP contribution in [-0.2, 0) is 5.33 Å². The van der Waals surface area contributed by atoms with Crippen molar-refractivity contribution in [3.05, 3.63) is 38.8 Å². The van der Waals surface area contributed by atoms with E-state index in [-0.39, 0.29) is 21.8 Å². The van der Waals surface area contributed by atoms with Crippen molar-refractivity contribution in [3.63, 3.8) is 0 Å². The molecule has 7 heteroatoms. The van der Waals surface area contributed by atoms with Gasteiger partial charge in [-0.05, 0) is 12.1 Å². The van der Waals surface area contributed by atoms with Crippen molar-refractivity contribution in [1.82, 2.24) is 4.57 Å². The second-order valence-corrected chi connectivity index (χ2v) is 5.24. The molecule has 0 spiro atoms. The second kappa shape index (κ2) is 5.21. The SMILES string of the molecule is Oc1cc(CBr)c(O)n1-c1ccc(Cl)c(Cl)c1Cl. The average molecular weight is 371 g/mol. The van der Waals surface area contributed by atoms with Crippen molar-refractivity contribution in [2.45, 2.75) is 5.33 Å². The molecule has 0 aliphatic carbocycles. The molecular weight excluding hydrogens is 364 g/mol.